The summed E-state index contributed by atoms with van der Waals surface area (Å²) in [5.74, 6) is 0. The van der Waals surface area contributed by atoms with Crippen LogP contribution in [0.15, 0.2) is 194 Å². The largest absolute Gasteiger partial charge is 0.134 e. The van der Waals surface area contributed by atoms with Crippen molar-refractivity contribution in [3.63, 3.8) is 0 Å². The second-order valence-electron chi connectivity index (χ2n) is 21.9. The van der Waals surface area contributed by atoms with Gasteiger partial charge in [0.2, 0.25) is 0 Å². The van der Waals surface area contributed by atoms with Gasteiger partial charge in [-0.1, -0.05) is 199 Å². The molecule has 3 aliphatic rings. The van der Waals surface area contributed by atoms with Crippen molar-refractivity contribution in [1.82, 2.24) is 0 Å². The Morgan fingerprint density at radius 2 is 0.507 bits per heavy atom. The molecule has 2 aromatic heterocycles. The van der Waals surface area contributed by atoms with Crippen molar-refractivity contribution < 1.29 is 0 Å². The number of rotatable bonds is 4. The lowest BCUT2D eigenvalue weighted by atomic mass is 9.78. The van der Waals surface area contributed by atoms with E-state index in [1.54, 1.807) is 0 Å². The average molecular weight is 943 g/mol. The predicted molar refractivity (Wildman–Crippen MR) is 307 cm³/mol. The number of benzene rings is 10. The molecule has 12 aromatic rings. The molecule has 15 rings (SSSR count). The molecule has 0 spiro atoms. The molecule has 0 nitrogen and oxygen atoms in total. The fraction of sp³-hybridized carbons (Fsp3) is 0.130. The third-order valence-corrected chi connectivity index (χ3v) is 19.7. The van der Waals surface area contributed by atoms with Crippen molar-refractivity contribution in [2.24, 2.45) is 0 Å². The van der Waals surface area contributed by atoms with E-state index in [-0.39, 0.29) is 16.2 Å². The zero-order valence-corrected chi connectivity index (χ0v) is 42.4. The average Bonchev–Trinajstić information content (AvgIpc) is 4.16. The van der Waals surface area contributed by atoms with Gasteiger partial charge in [0.05, 0.1) is 0 Å². The first-order chi connectivity index (χ1) is 34.5. The van der Waals surface area contributed by atoms with Gasteiger partial charge in [-0.05, 0) is 136 Å². The Balaban J connectivity index is 0.899. The van der Waals surface area contributed by atoms with E-state index in [1.165, 1.54) is 152 Å². The lowest BCUT2D eigenvalue weighted by Gasteiger charge is -2.25. The summed E-state index contributed by atoms with van der Waals surface area (Å²) in [7, 11) is 0. The van der Waals surface area contributed by atoms with Crippen LogP contribution < -0.4 is 0 Å². The van der Waals surface area contributed by atoms with Crippen LogP contribution in [0.25, 0.3) is 118 Å². The van der Waals surface area contributed by atoms with Gasteiger partial charge in [-0.3, -0.25) is 0 Å². The molecule has 2 heteroatoms. The van der Waals surface area contributed by atoms with Gasteiger partial charge in [-0.25, -0.2) is 0 Å². The van der Waals surface area contributed by atoms with Crippen LogP contribution in [0, 0.1) is 0 Å². The van der Waals surface area contributed by atoms with Crippen LogP contribution in [-0.2, 0) is 16.2 Å². The van der Waals surface area contributed by atoms with Crippen LogP contribution in [0.5, 0.6) is 0 Å². The monoisotopic (exact) mass is 942 g/mol. The molecule has 2 heterocycles. The van der Waals surface area contributed by atoms with Crippen LogP contribution in [-0.4, -0.2) is 0 Å². The van der Waals surface area contributed by atoms with E-state index in [0.717, 1.165) is 0 Å². The molecule has 0 unspecified atom stereocenters. The molecular weight excluding hydrogens is 893 g/mol. The summed E-state index contributed by atoms with van der Waals surface area (Å²) in [4.78, 5) is 5.36. The van der Waals surface area contributed by atoms with Crippen LogP contribution in [0.1, 0.15) is 74.9 Å². The Hall–Kier alpha value is -7.36. The lowest BCUT2D eigenvalue weighted by Crippen LogP contribution is -2.17. The molecule has 10 aromatic carbocycles. The zero-order valence-electron chi connectivity index (χ0n) is 40.8. The zero-order chi connectivity index (χ0) is 47.7. The number of hydrogen-bond acceptors (Lipinski definition) is 2. The van der Waals surface area contributed by atoms with Gasteiger partial charge < -0.3 is 0 Å². The highest BCUT2D eigenvalue weighted by molar-refractivity contribution is 7.21. The van der Waals surface area contributed by atoms with Gasteiger partial charge in [0.15, 0.2) is 0 Å². The number of hydrogen-bond donors (Lipinski definition) is 0. The van der Waals surface area contributed by atoms with E-state index in [1.807, 2.05) is 22.7 Å². The molecule has 3 aliphatic carbocycles. The minimum Gasteiger partial charge on any atom is -0.134 e. The molecule has 0 N–H and O–H groups in total. The first-order valence-electron chi connectivity index (χ1n) is 25.2. The summed E-state index contributed by atoms with van der Waals surface area (Å²) in [6, 6.07) is 73.9. The first-order valence-corrected chi connectivity index (χ1v) is 26.8. The molecule has 0 saturated carbocycles. The van der Waals surface area contributed by atoms with Crippen molar-refractivity contribution in [3.05, 3.63) is 228 Å². The third kappa shape index (κ3) is 5.50. The maximum Gasteiger partial charge on any atom is 0.0434 e. The Kier molecular flexibility index (Phi) is 8.39. The quantitative estimate of drug-likeness (QED) is 0.165. The smallest absolute Gasteiger partial charge is 0.0434 e. The molecule has 71 heavy (non-hydrogen) atoms. The van der Waals surface area contributed by atoms with Crippen LogP contribution >= 0.6 is 22.7 Å². The normalized spacial score (nSPS) is 15.2. The molecule has 0 radical (unpaired) electrons. The maximum atomic E-state index is 2.61. The topological polar surface area (TPSA) is 0 Å². The molecule has 338 valence electrons. The van der Waals surface area contributed by atoms with E-state index < -0.39 is 0 Å². The van der Waals surface area contributed by atoms with Gasteiger partial charge >= 0.3 is 0 Å². The first kappa shape index (κ1) is 41.4. The fourth-order valence-corrected chi connectivity index (χ4v) is 16.1. The second-order valence-corrected chi connectivity index (χ2v) is 23.9. The van der Waals surface area contributed by atoms with E-state index in [9.17, 15) is 0 Å². The van der Waals surface area contributed by atoms with Crippen LogP contribution in [0.3, 0.4) is 0 Å². The lowest BCUT2D eigenvalue weighted by molar-refractivity contribution is 0.649. The summed E-state index contributed by atoms with van der Waals surface area (Å²) < 4.78 is 0. The minimum absolute atomic E-state index is 0.201. The summed E-state index contributed by atoms with van der Waals surface area (Å²) in [6.07, 6.45) is 0. The van der Waals surface area contributed by atoms with Crippen LogP contribution in [0.4, 0.5) is 0 Å². The fourth-order valence-electron chi connectivity index (χ4n) is 13.4. The standard InChI is InChI=1S/C69H50S2/c1-67(2)55-37-53-57(68(3,4)59-35-51(41-25-13-15-27-43(41)61(53)59)65-47-31-19-17-29-45(47)63(70-65)39-21-9-7-10-22-39)33-49(55)50-34-58-54(38-56(50)67)62-44-28-16-14-26-42(44)52(36-60(62)69(58,5)6)66-48-32-20-18-30-46(48)64(71-66)40-23-11-8-12-24-40/h7-38H,1-6H3. The highest BCUT2D eigenvalue weighted by Crippen LogP contribution is 2.62. The van der Waals surface area contributed by atoms with Crippen LogP contribution in [0.2, 0.25) is 0 Å². The summed E-state index contributed by atoms with van der Waals surface area (Å²) >= 11 is 3.88. The predicted octanol–water partition coefficient (Wildman–Crippen LogP) is 20.0. The maximum absolute atomic E-state index is 2.61. The summed E-state index contributed by atoms with van der Waals surface area (Å²) in [5.41, 5.74) is 21.5. The van der Waals surface area contributed by atoms with Gasteiger partial charge in [-0.15, -0.1) is 22.7 Å². The van der Waals surface area contributed by atoms with Crippen molar-refractivity contribution in [3.8, 4) is 75.1 Å². The summed E-state index contributed by atoms with van der Waals surface area (Å²) in [5, 5.41) is 10.6. The minimum atomic E-state index is -0.214. The third-order valence-electron chi connectivity index (χ3n) is 17.1. The molecule has 0 fully saturated rings. The Morgan fingerprint density at radius 3 is 0.887 bits per heavy atom. The van der Waals surface area contributed by atoms with Gasteiger partial charge in [0.1, 0.15) is 0 Å². The highest BCUT2D eigenvalue weighted by Gasteiger charge is 2.46. The number of thiophene rings is 2. The Bertz CT molecular complexity index is 4010. The van der Waals surface area contributed by atoms with E-state index in [2.05, 4.69) is 236 Å². The van der Waals surface area contributed by atoms with Gasteiger partial charge in [-0.2, -0.15) is 0 Å². The van der Waals surface area contributed by atoms with E-state index in [0.29, 0.717) is 0 Å². The van der Waals surface area contributed by atoms with Gasteiger partial charge in [0, 0.05) is 68.4 Å². The van der Waals surface area contributed by atoms with Gasteiger partial charge in [0.25, 0.3) is 0 Å². The van der Waals surface area contributed by atoms with Crippen molar-refractivity contribution >= 4 is 65.8 Å². The highest BCUT2D eigenvalue weighted by atomic mass is 32.1. The van der Waals surface area contributed by atoms with E-state index in [4.69, 9.17) is 0 Å². The molecule has 0 aliphatic heterocycles. The SMILES string of the molecule is CC1(C)c2cc3c(cc2-c2cc4c(cc21)-c1c(cc(-c2sc(-c5ccccc5)c5ccccc25)c2ccccc12)C4(C)C)C(C)(C)c1cc(-c2sc(-c4ccccc4)c4ccccc24)c2ccccc2c1-3. The Labute approximate surface area is 423 Å². The molecule has 0 bridgehead atoms. The van der Waals surface area contributed by atoms with Crippen molar-refractivity contribution in [2.45, 2.75) is 57.8 Å². The Morgan fingerprint density at radius 1 is 0.239 bits per heavy atom. The van der Waals surface area contributed by atoms with Crippen molar-refractivity contribution in [1.29, 1.82) is 0 Å². The summed E-state index contributed by atoms with van der Waals surface area (Å²) in [6.45, 7) is 14.8. The van der Waals surface area contributed by atoms with E-state index >= 15 is 0 Å². The molecule has 0 amide bonds. The second kappa shape index (κ2) is 14.4. The van der Waals surface area contributed by atoms with Crippen molar-refractivity contribution in [2.75, 3.05) is 0 Å². The molecular formula is C69H50S2. The molecule has 0 atom stereocenters. The number of fused-ring (bicyclic) bond motifs is 15. The molecule has 0 saturated heterocycles.